The SMILES string of the molecule is CCCN1CCN(C(C)CC(=O)OC(C)(C)C)C1=O. The van der Waals surface area contributed by atoms with Gasteiger partial charge in [0.1, 0.15) is 5.60 Å². The van der Waals surface area contributed by atoms with E-state index >= 15 is 0 Å². The van der Waals surface area contributed by atoms with Gasteiger partial charge < -0.3 is 14.5 Å². The summed E-state index contributed by atoms with van der Waals surface area (Å²) < 4.78 is 5.29. The number of ether oxygens (including phenoxy) is 1. The zero-order chi connectivity index (χ0) is 14.6. The van der Waals surface area contributed by atoms with Crippen LogP contribution in [0.3, 0.4) is 0 Å². The fourth-order valence-corrected chi connectivity index (χ4v) is 2.22. The van der Waals surface area contributed by atoms with E-state index in [2.05, 4.69) is 6.92 Å². The van der Waals surface area contributed by atoms with Crippen molar-refractivity contribution in [3.05, 3.63) is 0 Å². The first-order valence-corrected chi connectivity index (χ1v) is 7.02. The van der Waals surface area contributed by atoms with Gasteiger partial charge >= 0.3 is 12.0 Å². The molecule has 1 heterocycles. The first-order chi connectivity index (χ1) is 8.74. The molecule has 2 amide bonds. The van der Waals surface area contributed by atoms with E-state index in [1.807, 2.05) is 32.6 Å². The Morgan fingerprint density at radius 1 is 1.37 bits per heavy atom. The molecule has 1 aliphatic rings. The maximum Gasteiger partial charge on any atom is 0.320 e. The molecule has 0 radical (unpaired) electrons. The zero-order valence-corrected chi connectivity index (χ0v) is 12.7. The molecule has 0 aromatic rings. The smallest absolute Gasteiger partial charge is 0.320 e. The van der Waals surface area contributed by atoms with Crippen LogP contribution in [-0.2, 0) is 9.53 Å². The van der Waals surface area contributed by atoms with Crippen molar-refractivity contribution in [2.45, 2.75) is 59.1 Å². The van der Waals surface area contributed by atoms with Crippen LogP contribution in [0.2, 0.25) is 0 Å². The second kappa shape index (κ2) is 6.26. The van der Waals surface area contributed by atoms with Crippen molar-refractivity contribution in [3.8, 4) is 0 Å². The van der Waals surface area contributed by atoms with Crippen LogP contribution in [0, 0.1) is 0 Å². The van der Waals surface area contributed by atoms with Crippen molar-refractivity contribution in [2.75, 3.05) is 19.6 Å². The van der Waals surface area contributed by atoms with Crippen LogP contribution >= 0.6 is 0 Å². The normalized spacial score (nSPS) is 17.8. The van der Waals surface area contributed by atoms with Gasteiger partial charge in [-0.05, 0) is 34.1 Å². The monoisotopic (exact) mass is 270 g/mol. The van der Waals surface area contributed by atoms with E-state index in [-0.39, 0.29) is 24.5 Å². The van der Waals surface area contributed by atoms with E-state index in [1.54, 1.807) is 4.90 Å². The van der Waals surface area contributed by atoms with Gasteiger partial charge in [-0.1, -0.05) is 6.92 Å². The minimum absolute atomic E-state index is 0.0397. The Balaban J connectivity index is 2.48. The van der Waals surface area contributed by atoms with Crippen LogP contribution < -0.4 is 0 Å². The van der Waals surface area contributed by atoms with Crippen LogP contribution in [0.5, 0.6) is 0 Å². The third-order valence-corrected chi connectivity index (χ3v) is 3.03. The summed E-state index contributed by atoms with van der Waals surface area (Å²) in [6, 6.07) is -0.0675. The maximum absolute atomic E-state index is 12.1. The lowest BCUT2D eigenvalue weighted by Crippen LogP contribution is -2.40. The van der Waals surface area contributed by atoms with Crippen molar-refractivity contribution in [1.82, 2.24) is 9.80 Å². The quantitative estimate of drug-likeness (QED) is 0.720. The molecule has 5 nitrogen and oxygen atoms in total. The van der Waals surface area contributed by atoms with Gasteiger partial charge in [0.2, 0.25) is 0 Å². The molecule has 1 rings (SSSR count). The lowest BCUT2D eigenvalue weighted by Gasteiger charge is -2.26. The van der Waals surface area contributed by atoms with Gasteiger partial charge in [0, 0.05) is 25.7 Å². The minimum atomic E-state index is -0.472. The first-order valence-electron chi connectivity index (χ1n) is 7.02. The Hall–Kier alpha value is -1.26. The minimum Gasteiger partial charge on any atom is -0.460 e. The lowest BCUT2D eigenvalue weighted by molar-refractivity contribution is -0.155. The summed E-state index contributed by atoms with van der Waals surface area (Å²) in [5, 5.41) is 0. The first kappa shape index (κ1) is 15.8. The number of esters is 1. The predicted molar refractivity (Wildman–Crippen MR) is 73.9 cm³/mol. The van der Waals surface area contributed by atoms with Gasteiger partial charge in [0.05, 0.1) is 6.42 Å². The average molecular weight is 270 g/mol. The molecule has 1 unspecified atom stereocenters. The molecule has 1 fully saturated rings. The van der Waals surface area contributed by atoms with E-state index in [0.717, 1.165) is 19.5 Å². The second-order valence-electron chi connectivity index (χ2n) is 6.10. The molecule has 1 aliphatic heterocycles. The Morgan fingerprint density at radius 2 is 2.00 bits per heavy atom. The maximum atomic E-state index is 12.1. The molecule has 110 valence electrons. The third-order valence-electron chi connectivity index (χ3n) is 3.03. The van der Waals surface area contributed by atoms with E-state index in [9.17, 15) is 9.59 Å². The summed E-state index contributed by atoms with van der Waals surface area (Å²) >= 11 is 0. The molecule has 0 aliphatic carbocycles. The Bertz CT molecular complexity index is 336. The molecule has 0 spiro atoms. The largest absolute Gasteiger partial charge is 0.460 e. The number of rotatable bonds is 5. The fraction of sp³-hybridized carbons (Fsp3) is 0.857. The van der Waals surface area contributed by atoms with E-state index in [4.69, 9.17) is 4.74 Å². The van der Waals surface area contributed by atoms with Crippen molar-refractivity contribution in [1.29, 1.82) is 0 Å². The molecule has 0 saturated carbocycles. The average Bonchev–Trinajstić information content (AvgIpc) is 2.58. The summed E-state index contributed by atoms with van der Waals surface area (Å²) in [4.78, 5) is 27.5. The van der Waals surface area contributed by atoms with Gasteiger partial charge in [-0.3, -0.25) is 4.79 Å². The van der Waals surface area contributed by atoms with Crippen LogP contribution in [0.1, 0.15) is 47.5 Å². The van der Waals surface area contributed by atoms with E-state index in [0.29, 0.717) is 6.54 Å². The van der Waals surface area contributed by atoms with Gasteiger partial charge in [-0.2, -0.15) is 0 Å². The van der Waals surface area contributed by atoms with Gasteiger partial charge in [0.25, 0.3) is 0 Å². The summed E-state index contributed by atoms with van der Waals surface area (Å²) in [6.45, 7) is 11.7. The highest BCUT2D eigenvalue weighted by Gasteiger charge is 2.32. The number of carbonyl (C=O) groups excluding carboxylic acids is 2. The molecule has 0 aromatic carbocycles. The van der Waals surface area contributed by atoms with Crippen LogP contribution in [0.15, 0.2) is 0 Å². The number of nitrogens with zero attached hydrogens (tertiary/aromatic N) is 2. The molecule has 0 N–H and O–H groups in total. The number of hydrogen-bond donors (Lipinski definition) is 0. The van der Waals surface area contributed by atoms with E-state index < -0.39 is 5.60 Å². The summed E-state index contributed by atoms with van der Waals surface area (Å²) in [7, 11) is 0. The predicted octanol–water partition coefficient (Wildman–Crippen LogP) is 2.25. The highest BCUT2D eigenvalue weighted by atomic mass is 16.6. The molecular weight excluding hydrogens is 244 g/mol. The van der Waals surface area contributed by atoms with Gasteiger partial charge in [-0.25, -0.2) is 4.79 Å². The summed E-state index contributed by atoms with van der Waals surface area (Å²) in [6.07, 6.45) is 1.21. The summed E-state index contributed by atoms with van der Waals surface area (Å²) in [5.41, 5.74) is -0.472. The standard InChI is InChI=1S/C14H26N2O3/c1-6-7-15-8-9-16(13(15)18)11(2)10-12(17)19-14(3,4)5/h11H,6-10H2,1-5H3. The highest BCUT2D eigenvalue weighted by Crippen LogP contribution is 2.17. The Kier molecular flexibility index (Phi) is 5.20. The fourth-order valence-electron chi connectivity index (χ4n) is 2.22. The number of urea groups is 1. The molecule has 0 aromatic heterocycles. The molecular formula is C14H26N2O3. The van der Waals surface area contributed by atoms with Crippen molar-refractivity contribution in [3.63, 3.8) is 0 Å². The van der Waals surface area contributed by atoms with Crippen molar-refractivity contribution < 1.29 is 14.3 Å². The molecule has 1 saturated heterocycles. The third kappa shape index (κ3) is 4.73. The number of amides is 2. The van der Waals surface area contributed by atoms with Crippen molar-refractivity contribution in [2.24, 2.45) is 0 Å². The van der Waals surface area contributed by atoms with Gasteiger partial charge in [-0.15, -0.1) is 0 Å². The zero-order valence-electron chi connectivity index (χ0n) is 12.7. The van der Waals surface area contributed by atoms with Crippen LogP contribution in [0.4, 0.5) is 4.79 Å². The summed E-state index contributed by atoms with van der Waals surface area (Å²) in [5.74, 6) is -0.248. The van der Waals surface area contributed by atoms with Crippen molar-refractivity contribution >= 4 is 12.0 Å². The van der Waals surface area contributed by atoms with Crippen LogP contribution in [-0.4, -0.2) is 53.1 Å². The highest BCUT2D eigenvalue weighted by molar-refractivity contribution is 5.78. The van der Waals surface area contributed by atoms with Gasteiger partial charge in [0.15, 0.2) is 0 Å². The lowest BCUT2D eigenvalue weighted by atomic mass is 10.1. The topological polar surface area (TPSA) is 49.9 Å². The number of carbonyl (C=O) groups is 2. The molecule has 1 atom stereocenters. The van der Waals surface area contributed by atoms with E-state index in [1.165, 1.54) is 0 Å². The molecule has 0 bridgehead atoms. The number of hydrogen-bond acceptors (Lipinski definition) is 3. The molecule has 5 heteroatoms. The Morgan fingerprint density at radius 3 is 2.53 bits per heavy atom. The second-order valence-corrected chi connectivity index (χ2v) is 6.10. The van der Waals surface area contributed by atoms with Crippen LogP contribution in [0.25, 0.3) is 0 Å². The Labute approximate surface area is 115 Å². The molecule has 19 heavy (non-hydrogen) atoms.